The number of hydrogen-bond donors (Lipinski definition) is 2. The van der Waals surface area contributed by atoms with E-state index in [1.165, 1.54) is 5.56 Å². The fourth-order valence-corrected chi connectivity index (χ4v) is 2.93. The van der Waals surface area contributed by atoms with Crippen LogP contribution in [0.2, 0.25) is 0 Å². The van der Waals surface area contributed by atoms with Crippen molar-refractivity contribution in [1.29, 1.82) is 0 Å². The summed E-state index contributed by atoms with van der Waals surface area (Å²) in [6.45, 7) is 8.13. The maximum atomic E-state index is 12.4. The van der Waals surface area contributed by atoms with E-state index >= 15 is 0 Å². The summed E-state index contributed by atoms with van der Waals surface area (Å²) in [6, 6.07) is 9.54. The summed E-state index contributed by atoms with van der Waals surface area (Å²) in [5.74, 6) is -0.368. The van der Waals surface area contributed by atoms with Crippen LogP contribution < -0.4 is 10.6 Å². The van der Waals surface area contributed by atoms with Crippen molar-refractivity contribution in [2.75, 3.05) is 19.7 Å². The van der Waals surface area contributed by atoms with Gasteiger partial charge >= 0.3 is 12.0 Å². The number of amides is 2. The first-order chi connectivity index (χ1) is 12.1. The number of carbonyl (C=O) groups excluding carboxylic acids is 2. The Morgan fingerprint density at radius 3 is 2.48 bits per heavy atom. The Kier molecular flexibility index (Phi) is 7.01. The van der Waals surface area contributed by atoms with Gasteiger partial charge < -0.3 is 15.4 Å². The lowest BCUT2D eigenvalue weighted by atomic mass is 10.00. The Bertz CT molecular complexity index is 628. The average molecular weight is 345 g/mol. The molecule has 6 heteroatoms. The van der Waals surface area contributed by atoms with Gasteiger partial charge in [0, 0.05) is 18.8 Å². The van der Waals surface area contributed by atoms with E-state index in [0.717, 1.165) is 13.1 Å². The highest BCUT2D eigenvalue weighted by molar-refractivity contribution is 5.94. The zero-order valence-corrected chi connectivity index (χ0v) is 15.2. The average Bonchev–Trinajstić information content (AvgIpc) is 2.61. The van der Waals surface area contributed by atoms with Gasteiger partial charge in [-0.2, -0.15) is 0 Å². The standard InChI is InChI=1S/C19H27N3O3/c1-4-15-17(18(23)25-6-3)16(21-19(24)20-15)13-22(5-2)12-14-10-8-7-9-11-14/h7-11,15H,4-6,12-13H2,1-3H3,(H2,20,21,24). The lowest BCUT2D eigenvalue weighted by Crippen LogP contribution is -2.52. The van der Waals surface area contributed by atoms with Crippen molar-refractivity contribution >= 4 is 12.0 Å². The number of carbonyl (C=O) groups is 2. The summed E-state index contributed by atoms with van der Waals surface area (Å²) in [7, 11) is 0. The van der Waals surface area contributed by atoms with Crippen molar-refractivity contribution in [3.05, 3.63) is 47.2 Å². The first kappa shape index (κ1) is 19.0. The monoisotopic (exact) mass is 345 g/mol. The van der Waals surface area contributed by atoms with Gasteiger partial charge in [-0.25, -0.2) is 9.59 Å². The molecule has 0 aliphatic carbocycles. The molecule has 0 aromatic heterocycles. The van der Waals surface area contributed by atoms with Crippen molar-refractivity contribution in [3.8, 4) is 0 Å². The van der Waals surface area contributed by atoms with Gasteiger partial charge in [0.25, 0.3) is 0 Å². The van der Waals surface area contributed by atoms with Crippen LogP contribution in [0.3, 0.4) is 0 Å². The van der Waals surface area contributed by atoms with Crippen LogP contribution in [0, 0.1) is 0 Å². The van der Waals surface area contributed by atoms with Crippen molar-refractivity contribution in [2.24, 2.45) is 0 Å². The van der Waals surface area contributed by atoms with E-state index in [4.69, 9.17) is 4.74 Å². The van der Waals surface area contributed by atoms with Gasteiger partial charge in [-0.1, -0.05) is 44.2 Å². The van der Waals surface area contributed by atoms with Crippen molar-refractivity contribution in [1.82, 2.24) is 15.5 Å². The second kappa shape index (κ2) is 9.22. The molecule has 0 bridgehead atoms. The molecule has 136 valence electrons. The van der Waals surface area contributed by atoms with Crippen molar-refractivity contribution < 1.29 is 14.3 Å². The summed E-state index contributed by atoms with van der Waals surface area (Å²) in [5.41, 5.74) is 2.34. The molecule has 0 saturated heterocycles. The third-order valence-electron chi connectivity index (χ3n) is 4.22. The zero-order chi connectivity index (χ0) is 18.2. The van der Waals surface area contributed by atoms with Crippen LogP contribution in [0.4, 0.5) is 4.79 Å². The van der Waals surface area contributed by atoms with E-state index in [-0.39, 0.29) is 18.0 Å². The van der Waals surface area contributed by atoms with Crippen LogP contribution in [-0.4, -0.2) is 42.6 Å². The Labute approximate surface area is 149 Å². The summed E-state index contributed by atoms with van der Waals surface area (Å²) in [6.07, 6.45) is 0.635. The number of nitrogens with zero attached hydrogens (tertiary/aromatic N) is 1. The molecule has 2 N–H and O–H groups in total. The van der Waals surface area contributed by atoms with Crippen molar-refractivity contribution in [3.63, 3.8) is 0 Å². The molecular formula is C19H27N3O3. The molecule has 0 fully saturated rings. The molecule has 0 saturated carbocycles. The lowest BCUT2D eigenvalue weighted by molar-refractivity contribution is -0.139. The molecule has 1 heterocycles. The van der Waals surface area contributed by atoms with Gasteiger partial charge in [-0.3, -0.25) is 4.90 Å². The van der Waals surface area contributed by atoms with Crippen LogP contribution in [0.1, 0.15) is 32.8 Å². The van der Waals surface area contributed by atoms with E-state index < -0.39 is 0 Å². The van der Waals surface area contributed by atoms with E-state index in [1.54, 1.807) is 6.92 Å². The van der Waals surface area contributed by atoms with Gasteiger partial charge in [0.2, 0.25) is 0 Å². The third-order valence-corrected chi connectivity index (χ3v) is 4.22. The molecule has 1 aromatic carbocycles. The highest BCUT2D eigenvalue weighted by Gasteiger charge is 2.31. The number of benzene rings is 1. The lowest BCUT2D eigenvalue weighted by Gasteiger charge is -2.31. The van der Waals surface area contributed by atoms with Crippen LogP contribution in [0.5, 0.6) is 0 Å². The number of hydrogen-bond acceptors (Lipinski definition) is 4. The van der Waals surface area contributed by atoms with Crippen LogP contribution in [0.15, 0.2) is 41.6 Å². The minimum Gasteiger partial charge on any atom is -0.463 e. The van der Waals surface area contributed by atoms with Gasteiger partial charge in [-0.05, 0) is 25.5 Å². The minimum absolute atomic E-state index is 0.273. The molecule has 1 aromatic rings. The molecular weight excluding hydrogens is 318 g/mol. The maximum Gasteiger partial charge on any atom is 0.337 e. The number of urea groups is 1. The number of ether oxygens (including phenoxy) is 1. The minimum atomic E-state index is -0.368. The van der Waals surface area contributed by atoms with E-state index in [2.05, 4.69) is 34.6 Å². The number of rotatable bonds is 8. The Morgan fingerprint density at radius 1 is 1.16 bits per heavy atom. The van der Waals surface area contributed by atoms with Gasteiger partial charge in [0.1, 0.15) is 0 Å². The van der Waals surface area contributed by atoms with E-state index in [1.807, 2.05) is 25.1 Å². The second-order valence-corrected chi connectivity index (χ2v) is 5.96. The van der Waals surface area contributed by atoms with Crippen LogP contribution in [-0.2, 0) is 16.1 Å². The Hall–Kier alpha value is -2.34. The summed E-state index contributed by atoms with van der Waals surface area (Å²) in [4.78, 5) is 26.6. The molecule has 2 rings (SSSR count). The first-order valence-corrected chi connectivity index (χ1v) is 8.82. The zero-order valence-electron chi connectivity index (χ0n) is 15.2. The summed E-state index contributed by atoms with van der Waals surface area (Å²) >= 11 is 0. The smallest absolute Gasteiger partial charge is 0.337 e. The van der Waals surface area contributed by atoms with Crippen molar-refractivity contribution in [2.45, 2.75) is 39.8 Å². The van der Waals surface area contributed by atoms with Gasteiger partial charge in [0.05, 0.1) is 18.2 Å². The van der Waals surface area contributed by atoms with Gasteiger partial charge in [-0.15, -0.1) is 0 Å². The molecule has 2 amide bonds. The molecule has 1 aliphatic rings. The highest BCUT2D eigenvalue weighted by atomic mass is 16.5. The molecule has 1 unspecified atom stereocenters. The number of nitrogens with one attached hydrogen (secondary N) is 2. The third kappa shape index (κ3) is 5.06. The molecule has 0 spiro atoms. The fraction of sp³-hybridized carbons (Fsp3) is 0.474. The van der Waals surface area contributed by atoms with Crippen LogP contribution in [0.25, 0.3) is 0 Å². The van der Waals surface area contributed by atoms with E-state index in [0.29, 0.717) is 30.8 Å². The fourth-order valence-electron chi connectivity index (χ4n) is 2.93. The quantitative estimate of drug-likeness (QED) is 0.710. The molecule has 1 atom stereocenters. The molecule has 1 aliphatic heterocycles. The molecule has 6 nitrogen and oxygen atoms in total. The SMILES string of the molecule is CCOC(=O)C1=C(CN(CC)Cc2ccccc2)NC(=O)NC1CC. The number of likely N-dealkylation sites (N-methyl/N-ethyl adjacent to an activating group) is 1. The summed E-state index contributed by atoms with van der Waals surface area (Å²) in [5, 5.41) is 5.61. The van der Waals surface area contributed by atoms with Crippen LogP contribution >= 0.6 is 0 Å². The predicted molar refractivity (Wildman–Crippen MR) is 96.8 cm³/mol. The predicted octanol–water partition coefficient (Wildman–Crippen LogP) is 2.42. The normalized spacial score (nSPS) is 17.3. The molecule has 25 heavy (non-hydrogen) atoms. The topological polar surface area (TPSA) is 70.7 Å². The van der Waals surface area contributed by atoms with Gasteiger partial charge in [0.15, 0.2) is 0 Å². The highest BCUT2D eigenvalue weighted by Crippen LogP contribution is 2.18. The molecule has 0 radical (unpaired) electrons. The Balaban J connectivity index is 2.25. The van der Waals surface area contributed by atoms with E-state index in [9.17, 15) is 9.59 Å². The first-order valence-electron chi connectivity index (χ1n) is 8.82. The second-order valence-electron chi connectivity index (χ2n) is 5.96. The largest absolute Gasteiger partial charge is 0.463 e. The maximum absolute atomic E-state index is 12.4. The summed E-state index contributed by atoms with van der Waals surface area (Å²) < 4.78 is 5.21. The Morgan fingerprint density at radius 2 is 1.88 bits per heavy atom. The number of esters is 1.